The SMILES string of the molecule is CC1(C)c2ccccc2-c2ccc(-c3nc(-c4ccccc4)nc(-c4ccc(-c5ccc6sc7ccccc7c6c5)cc4)n3)cc21. The highest BCUT2D eigenvalue weighted by Crippen LogP contribution is 2.49. The zero-order valence-electron chi connectivity index (χ0n) is 25.5. The molecule has 0 unspecified atom stereocenters. The van der Waals surface area contributed by atoms with Gasteiger partial charge in [-0.05, 0) is 57.6 Å². The van der Waals surface area contributed by atoms with Gasteiger partial charge in [-0.1, -0.05) is 129 Å². The third kappa shape index (κ3) is 4.29. The molecule has 0 amide bonds. The van der Waals surface area contributed by atoms with Gasteiger partial charge in [0.25, 0.3) is 0 Å². The predicted octanol–water partition coefficient (Wildman–Crippen LogP) is 11.2. The van der Waals surface area contributed by atoms with Gasteiger partial charge in [0.1, 0.15) is 0 Å². The summed E-state index contributed by atoms with van der Waals surface area (Å²) in [7, 11) is 0. The van der Waals surface area contributed by atoms with Crippen molar-refractivity contribution in [2.45, 2.75) is 19.3 Å². The Morgan fingerprint density at radius 1 is 0.413 bits per heavy atom. The van der Waals surface area contributed by atoms with Crippen molar-refractivity contribution in [3.8, 4) is 56.4 Å². The first kappa shape index (κ1) is 26.9. The summed E-state index contributed by atoms with van der Waals surface area (Å²) in [5.74, 6) is 2.01. The summed E-state index contributed by atoms with van der Waals surface area (Å²) < 4.78 is 2.63. The van der Waals surface area contributed by atoms with Crippen LogP contribution < -0.4 is 0 Å². The van der Waals surface area contributed by atoms with Crippen molar-refractivity contribution in [1.29, 1.82) is 0 Å². The Labute approximate surface area is 271 Å². The number of hydrogen-bond acceptors (Lipinski definition) is 4. The van der Waals surface area contributed by atoms with Gasteiger partial charge in [0.15, 0.2) is 17.5 Å². The molecule has 3 nitrogen and oxygen atoms in total. The average Bonchev–Trinajstić information content (AvgIpc) is 3.60. The van der Waals surface area contributed by atoms with Crippen LogP contribution in [0.5, 0.6) is 0 Å². The zero-order chi connectivity index (χ0) is 30.8. The fraction of sp³-hybridized carbons (Fsp3) is 0.0714. The average molecular weight is 608 g/mol. The summed E-state index contributed by atoms with van der Waals surface area (Å²) in [6, 6.07) is 49.5. The molecular formula is C42H29N3S. The van der Waals surface area contributed by atoms with E-state index in [4.69, 9.17) is 15.0 Å². The largest absolute Gasteiger partial charge is 0.208 e. The lowest BCUT2D eigenvalue weighted by Gasteiger charge is -2.21. The van der Waals surface area contributed by atoms with Crippen molar-refractivity contribution in [2.75, 3.05) is 0 Å². The Kier molecular flexibility index (Phi) is 6.02. The van der Waals surface area contributed by atoms with Crippen molar-refractivity contribution in [3.63, 3.8) is 0 Å². The molecule has 1 aliphatic carbocycles. The van der Waals surface area contributed by atoms with E-state index in [0.29, 0.717) is 17.5 Å². The van der Waals surface area contributed by atoms with Crippen molar-refractivity contribution in [2.24, 2.45) is 0 Å². The summed E-state index contributed by atoms with van der Waals surface area (Å²) >= 11 is 1.84. The van der Waals surface area contributed by atoms with E-state index in [0.717, 1.165) is 16.7 Å². The number of aromatic nitrogens is 3. The molecule has 6 aromatic carbocycles. The topological polar surface area (TPSA) is 38.7 Å². The zero-order valence-corrected chi connectivity index (χ0v) is 26.3. The van der Waals surface area contributed by atoms with Gasteiger partial charge in [-0.3, -0.25) is 0 Å². The minimum absolute atomic E-state index is 0.103. The molecule has 0 bridgehead atoms. The van der Waals surface area contributed by atoms with Gasteiger partial charge in [-0.25, -0.2) is 15.0 Å². The summed E-state index contributed by atoms with van der Waals surface area (Å²) in [6.45, 7) is 4.60. The van der Waals surface area contributed by atoms with Crippen LogP contribution in [0.2, 0.25) is 0 Å². The number of nitrogens with zero attached hydrogens (tertiary/aromatic N) is 3. The Bertz CT molecular complexity index is 2440. The second kappa shape index (κ2) is 10.3. The van der Waals surface area contributed by atoms with Gasteiger partial charge >= 0.3 is 0 Å². The third-order valence-corrected chi connectivity index (χ3v) is 10.5. The minimum atomic E-state index is -0.103. The fourth-order valence-electron chi connectivity index (χ4n) is 6.91. The molecule has 2 aromatic heterocycles. The molecule has 0 atom stereocenters. The van der Waals surface area contributed by atoms with Gasteiger partial charge in [0.05, 0.1) is 0 Å². The molecule has 0 saturated carbocycles. The van der Waals surface area contributed by atoms with Gasteiger partial charge in [0.2, 0.25) is 0 Å². The van der Waals surface area contributed by atoms with E-state index < -0.39 is 0 Å². The first-order chi connectivity index (χ1) is 22.5. The molecule has 0 radical (unpaired) electrons. The van der Waals surface area contributed by atoms with Crippen LogP contribution in [0.1, 0.15) is 25.0 Å². The maximum absolute atomic E-state index is 5.07. The van der Waals surface area contributed by atoms with Crippen LogP contribution in [0.15, 0.2) is 140 Å². The van der Waals surface area contributed by atoms with Gasteiger partial charge < -0.3 is 0 Å². The first-order valence-electron chi connectivity index (χ1n) is 15.6. The van der Waals surface area contributed by atoms with Crippen molar-refractivity contribution < 1.29 is 0 Å². The molecule has 0 N–H and O–H groups in total. The van der Waals surface area contributed by atoms with Crippen molar-refractivity contribution in [3.05, 3.63) is 151 Å². The molecule has 9 rings (SSSR count). The molecule has 0 aliphatic heterocycles. The predicted molar refractivity (Wildman–Crippen MR) is 192 cm³/mol. The maximum Gasteiger partial charge on any atom is 0.164 e. The molecule has 46 heavy (non-hydrogen) atoms. The molecule has 8 aromatic rings. The van der Waals surface area contributed by atoms with Crippen LogP contribution in [-0.4, -0.2) is 15.0 Å². The highest BCUT2D eigenvalue weighted by atomic mass is 32.1. The van der Waals surface area contributed by atoms with E-state index in [1.165, 1.54) is 53.6 Å². The minimum Gasteiger partial charge on any atom is -0.208 e. The highest BCUT2D eigenvalue weighted by Gasteiger charge is 2.35. The molecule has 0 saturated heterocycles. The van der Waals surface area contributed by atoms with Gasteiger partial charge in [0, 0.05) is 42.3 Å². The van der Waals surface area contributed by atoms with E-state index in [2.05, 4.69) is 135 Å². The Morgan fingerprint density at radius 2 is 0.978 bits per heavy atom. The van der Waals surface area contributed by atoms with Crippen LogP contribution in [0, 0.1) is 0 Å². The van der Waals surface area contributed by atoms with E-state index in [-0.39, 0.29) is 5.41 Å². The highest BCUT2D eigenvalue weighted by molar-refractivity contribution is 7.25. The molecule has 4 heteroatoms. The monoisotopic (exact) mass is 607 g/mol. The van der Waals surface area contributed by atoms with Gasteiger partial charge in [-0.15, -0.1) is 11.3 Å². The van der Waals surface area contributed by atoms with E-state index >= 15 is 0 Å². The molecule has 0 fully saturated rings. The van der Waals surface area contributed by atoms with E-state index in [9.17, 15) is 0 Å². The van der Waals surface area contributed by atoms with E-state index in [1.807, 2.05) is 29.5 Å². The normalized spacial score (nSPS) is 13.2. The number of hydrogen-bond donors (Lipinski definition) is 0. The molecule has 1 aliphatic rings. The van der Waals surface area contributed by atoms with Crippen LogP contribution >= 0.6 is 11.3 Å². The second-order valence-electron chi connectivity index (χ2n) is 12.5. The maximum atomic E-state index is 5.07. The third-order valence-electron chi connectivity index (χ3n) is 9.36. The number of benzene rings is 6. The quantitative estimate of drug-likeness (QED) is 0.200. The summed E-state index contributed by atoms with van der Waals surface area (Å²) in [6.07, 6.45) is 0. The smallest absolute Gasteiger partial charge is 0.164 e. The van der Waals surface area contributed by atoms with Crippen LogP contribution in [0.4, 0.5) is 0 Å². The van der Waals surface area contributed by atoms with Crippen molar-refractivity contribution in [1.82, 2.24) is 15.0 Å². The molecule has 218 valence electrons. The molecule has 2 heterocycles. The Morgan fingerprint density at radius 3 is 1.78 bits per heavy atom. The van der Waals surface area contributed by atoms with Crippen LogP contribution in [0.25, 0.3) is 76.6 Å². The molecular weight excluding hydrogens is 579 g/mol. The van der Waals surface area contributed by atoms with Gasteiger partial charge in [-0.2, -0.15) is 0 Å². The Balaban J connectivity index is 1.13. The lowest BCUT2D eigenvalue weighted by Crippen LogP contribution is -2.15. The number of fused-ring (bicyclic) bond motifs is 6. The summed E-state index contributed by atoms with van der Waals surface area (Å²) in [5.41, 5.74) is 10.4. The first-order valence-corrected chi connectivity index (χ1v) is 16.4. The van der Waals surface area contributed by atoms with E-state index in [1.54, 1.807) is 0 Å². The number of thiophene rings is 1. The lowest BCUT2D eigenvalue weighted by atomic mass is 9.82. The summed E-state index contributed by atoms with van der Waals surface area (Å²) in [4.78, 5) is 15.1. The molecule has 0 spiro atoms. The fourth-order valence-corrected chi connectivity index (χ4v) is 8.00. The van der Waals surface area contributed by atoms with Crippen LogP contribution in [0.3, 0.4) is 0 Å². The summed E-state index contributed by atoms with van der Waals surface area (Å²) in [5, 5.41) is 2.61. The standard InChI is InChI=1S/C42H29N3S/c1-42(2)35-14-8-6-12-31(35)32-22-20-30(25-36(32)42)41-44-39(27-10-4-3-5-11-27)43-40(45-41)28-18-16-26(17-19-28)29-21-23-38-34(24-29)33-13-7-9-15-37(33)46-38/h3-25H,1-2H3. The Hall–Kier alpha value is -5.45. The number of rotatable bonds is 4. The van der Waals surface area contributed by atoms with Crippen LogP contribution in [-0.2, 0) is 5.41 Å². The van der Waals surface area contributed by atoms with Crippen molar-refractivity contribution >= 4 is 31.5 Å². The lowest BCUT2D eigenvalue weighted by molar-refractivity contribution is 0.660. The second-order valence-corrected chi connectivity index (χ2v) is 13.6.